The third-order valence-electron chi connectivity index (χ3n) is 5.71. The number of aryl methyl sites for hydroxylation is 1. The summed E-state index contributed by atoms with van der Waals surface area (Å²) in [5.41, 5.74) is 4.97. The molecular weight excluding hydrogens is 402 g/mol. The highest BCUT2D eigenvalue weighted by atomic mass is 16.5. The molecular formula is C25H25N5O2. The van der Waals surface area contributed by atoms with Crippen molar-refractivity contribution in [2.24, 2.45) is 0 Å². The van der Waals surface area contributed by atoms with Gasteiger partial charge in [0.2, 0.25) is 5.43 Å². The molecule has 0 radical (unpaired) electrons. The van der Waals surface area contributed by atoms with Crippen LogP contribution in [0.5, 0.6) is 0 Å². The van der Waals surface area contributed by atoms with Gasteiger partial charge in [-0.3, -0.25) is 4.79 Å². The van der Waals surface area contributed by atoms with E-state index < -0.39 is 0 Å². The first kappa shape index (κ1) is 20.2. The molecule has 3 heterocycles. The van der Waals surface area contributed by atoms with Gasteiger partial charge in [0.25, 0.3) is 0 Å². The van der Waals surface area contributed by atoms with Crippen LogP contribution >= 0.6 is 0 Å². The highest BCUT2D eigenvalue weighted by molar-refractivity contribution is 5.59. The van der Waals surface area contributed by atoms with Crippen molar-refractivity contribution in [3.8, 4) is 22.8 Å². The molecule has 0 aliphatic carbocycles. The summed E-state index contributed by atoms with van der Waals surface area (Å²) < 4.78 is 9.09. The summed E-state index contributed by atoms with van der Waals surface area (Å²) in [5.74, 6) is 0. The molecule has 0 unspecified atom stereocenters. The van der Waals surface area contributed by atoms with E-state index >= 15 is 0 Å². The molecule has 1 aliphatic heterocycles. The van der Waals surface area contributed by atoms with E-state index in [1.807, 2.05) is 36.4 Å². The zero-order valence-electron chi connectivity index (χ0n) is 18.0. The van der Waals surface area contributed by atoms with E-state index in [-0.39, 0.29) is 5.43 Å². The molecule has 4 aromatic rings. The van der Waals surface area contributed by atoms with Crippen LogP contribution in [0.3, 0.4) is 0 Å². The Balaban J connectivity index is 1.51. The Labute approximate surface area is 186 Å². The standard InChI is InChI=1S/C25H25N5O2/c1-19-18-21(28-13-5-16-32-17-15-28)8-9-22(19)29-14-11-24(31)25(27-29)23-10-12-26-30(23)20-6-3-2-4-7-20/h2-4,6-12,14,18H,5,13,15-17H2,1H3. The minimum Gasteiger partial charge on any atom is -0.380 e. The van der Waals surface area contributed by atoms with Crippen LogP contribution in [0.4, 0.5) is 5.69 Å². The minimum absolute atomic E-state index is 0.141. The summed E-state index contributed by atoms with van der Waals surface area (Å²) in [5, 5.41) is 9.11. The molecule has 0 amide bonds. The molecule has 1 saturated heterocycles. The van der Waals surface area contributed by atoms with Crippen LogP contribution in [0.2, 0.25) is 0 Å². The predicted molar refractivity (Wildman–Crippen MR) is 125 cm³/mol. The normalized spacial score (nSPS) is 14.3. The van der Waals surface area contributed by atoms with Crippen molar-refractivity contribution in [3.63, 3.8) is 0 Å². The zero-order chi connectivity index (χ0) is 21.9. The second kappa shape index (κ2) is 8.80. The molecule has 0 atom stereocenters. The Morgan fingerprint density at radius 1 is 0.938 bits per heavy atom. The van der Waals surface area contributed by atoms with E-state index in [0.717, 1.165) is 49.7 Å². The topological polar surface area (TPSA) is 65.2 Å². The van der Waals surface area contributed by atoms with Crippen LogP contribution in [-0.4, -0.2) is 45.9 Å². The molecule has 2 aromatic carbocycles. The summed E-state index contributed by atoms with van der Waals surface area (Å²) in [6.07, 6.45) is 4.43. The van der Waals surface area contributed by atoms with Gasteiger partial charge < -0.3 is 9.64 Å². The van der Waals surface area contributed by atoms with Gasteiger partial charge in [-0.15, -0.1) is 0 Å². The Kier molecular flexibility index (Phi) is 5.56. The Hall–Kier alpha value is -3.71. The number of benzene rings is 2. The first-order chi connectivity index (χ1) is 15.7. The second-order valence-electron chi connectivity index (χ2n) is 7.86. The van der Waals surface area contributed by atoms with Crippen LogP contribution in [0.25, 0.3) is 22.8 Å². The van der Waals surface area contributed by atoms with Crippen molar-refractivity contribution in [3.05, 3.63) is 88.8 Å². The maximum atomic E-state index is 12.7. The van der Waals surface area contributed by atoms with Gasteiger partial charge in [-0.2, -0.15) is 10.2 Å². The zero-order valence-corrected chi connectivity index (χ0v) is 18.0. The Morgan fingerprint density at radius 2 is 1.81 bits per heavy atom. The molecule has 0 spiro atoms. The van der Waals surface area contributed by atoms with Crippen LogP contribution in [-0.2, 0) is 4.74 Å². The molecule has 162 valence electrons. The van der Waals surface area contributed by atoms with E-state index in [1.165, 1.54) is 5.69 Å². The number of ether oxygens (including phenoxy) is 1. The molecule has 0 bridgehead atoms. The van der Waals surface area contributed by atoms with Gasteiger partial charge in [0.15, 0.2) is 5.69 Å². The van der Waals surface area contributed by atoms with Crippen molar-refractivity contribution >= 4 is 5.69 Å². The molecule has 7 heteroatoms. The molecule has 0 saturated carbocycles. The lowest BCUT2D eigenvalue weighted by molar-refractivity contribution is 0.152. The molecule has 7 nitrogen and oxygen atoms in total. The molecule has 1 fully saturated rings. The van der Waals surface area contributed by atoms with E-state index in [1.54, 1.807) is 27.8 Å². The lowest BCUT2D eigenvalue weighted by Crippen LogP contribution is -2.26. The lowest BCUT2D eigenvalue weighted by Gasteiger charge is -2.23. The van der Waals surface area contributed by atoms with Gasteiger partial charge in [-0.1, -0.05) is 18.2 Å². The van der Waals surface area contributed by atoms with E-state index in [2.05, 4.69) is 35.1 Å². The molecule has 1 aliphatic rings. The average molecular weight is 428 g/mol. The summed E-state index contributed by atoms with van der Waals surface area (Å²) in [6.45, 7) is 5.52. The maximum absolute atomic E-state index is 12.7. The monoisotopic (exact) mass is 427 g/mol. The van der Waals surface area contributed by atoms with Crippen molar-refractivity contribution < 1.29 is 4.74 Å². The van der Waals surface area contributed by atoms with Gasteiger partial charge in [0.1, 0.15) is 0 Å². The third kappa shape index (κ3) is 3.94. The van der Waals surface area contributed by atoms with Gasteiger partial charge in [0, 0.05) is 37.6 Å². The quantitative estimate of drug-likeness (QED) is 0.498. The minimum atomic E-state index is -0.141. The van der Waals surface area contributed by atoms with Crippen LogP contribution < -0.4 is 10.3 Å². The largest absolute Gasteiger partial charge is 0.380 e. The summed E-state index contributed by atoms with van der Waals surface area (Å²) in [6, 6.07) is 19.5. The van der Waals surface area contributed by atoms with Crippen molar-refractivity contribution in [1.29, 1.82) is 0 Å². The fourth-order valence-electron chi connectivity index (χ4n) is 4.07. The highest BCUT2D eigenvalue weighted by Gasteiger charge is 2.15. The highest BCUT2D eigenvalue weighted by Crippen LogP contribution is 2.23. The van der Waals surface area contributed by atoms with Crippen LogP contribution in [0, 0.1) is 6.92 Å². The van der Waals surface area contributed by atoms with Gasteiger partial charge in [-0.05, 0) is 55.3 Å². The smallest absolute Gasteiger partial charge is 0.209 e. The molecule has 2 aromatic heterocycles. The number of nitrogens with zero attached hydrogens (tertiary/aromatic N) is 5. The van der Waals surface area contributed by atoms with Gasteiger partial charge in [0.05, 0.1) is 29.9 Å². The van der Waals surface area contributed by atoms with Crippen molar-refractivity contribution in [1.82, 2.24) is 19.6 Å². The van der Waals surface area contributed by atoms with Gasteiger partial charge in [-0.25, -0.2) is 9.36 Å². The Bertz CT molecular complexity index is 1270. The summed E-state index contributed by atoms with van der Waals surface area (Å²) in [7, 11) is 0. The number of aromatic nitrogens is 4. The van der Waals surface area contributed by atoms with Gasteiger partial charge >= 0.3 is 0 Å². The lowest BCUT2D eigenvalue weighted by atomic mass is 10.1. The first-order valence-electron chi connectivity index (χ1n) is 10.8. The fourth-order valence-corrected chi connectivity index (χ4v) is 4.07. The average Bonchev–Trinajstić information content (AvgIpc) is 3.14. The Morgan fingerprint density at radius 3 is 2.66 bits per heavy atom. The summed E-state index contributed by atoms with van der Waals surface area (Å²) in [4.78, 5) is 15.1. The van der Waals surface area contributed by atoms with Crippen molar-refractivity contribution in [2.45, 2.75) is 13.3 Å². The SMILES string of the molecule is Cc1cc(N2CCCOCC2)ccc1-n1ccc(=O)c(-c2ccnn2-c2ccccc2)n1. The second-order valence-corrected chi connectivity index (χ2v) is 7.86. The van der Waals surface area contributed by atoms with Crippen molar-refractivity contribution in [2.75, 3.05) is 31.2 Å². The van der Waals surface area contributed by atoms with Crippen LogP contribution in [0.1, 0.15) is 12.0 Å². The summed E-state index contributed by atoms with van der Waals surface area (Å²) >= 11 is 0. The van der Waals surface area contributed by atoms with E-state index in [0.29, 0.717) is 11.4 Å². The number of anilines is 1. The number of hydrogen-bond acceptors (Lipinski definition) is 5. The molecule has 0 N–H and O–H groups in total. The molecule has 32 heavy (non-hydrogen) atoms. The number of rotatable bonds is 4. The molecule has 5 rings (SSSR count). The number of para-hydroxylation sites is 1. The first-order valence-corrected chi connectivity index (χ1v) is 10.8. The van der Waals surface area contributed by atoms with E-state index in [4.69, 9.17) is 9.84 Å². The fraction of sp³-hybridized carbons (Fsp3) is 0.240. The number of hydrogen-bond donors (Lipinski definition) is 0. The predicted octanol–water partition coefficient (Wildman–Crippen LogP) is 3.62. The maximum Gasteiger partial charge on any atom is 0.209 e. The van der Waals surface area contributed by atoms with Crippen LogP contribution in [0.15, 0.2) is 77.9 Å². The third-order valence-corrected chi connectivity index (χ3v) is 5.71. The van der Waals surface area contributed by atoms with E-state index in [9.17, 15) is 4.79 Å².